The van der Waals surface area contributed by atoms with Crippen LogP contribution in [0.25, 0.3) is 0 Å². The molecule has 1 N–H and O–H groups in total. The molecule has 2 aromatic rings. The van der Waals surface area contributed by atoms with E-state index in [1.165, 1.54) is 18.3 Å². The average Bonchev–Trinajstić information content (AvgIpc) is 2.85. The van der Waals surface area contributed by atoms with Gasteiger partial charge in [-0.15, -0.1) is 0 Å². The second-order valence-electron chi connectivity index (χ2n) is 5.52. The predicted molar refractivity (Wildman–Crippen MR) is 91.7 cm³/mol. The third kappa shape index (κ3) is 5.02. The Balaban J connectivity index is 1.96. The first kappa shape index (κ1) is 18.9. The minimum absolute atomic E-state index is 0.0204. The minimum atomic E-state index is -4.02. The van der Waals surface area contributed by atoms with E-state index in [1.54, 1.807) is 11.6 Å². The zero-order valence-corrected chi connectivity index (χ0v) is 15.3. The molecule has 0 aliphatic carbocycles. The number of ether oxygens (including phenoxy) is 1. The molecule has 0 spiro atoms. The van der Waals surface area contributed by atoms with E-state index < -0.39 is 15.9 Å². The van der Waals surface area contributed by atoms with Crippen molar-refractivity contribution in [3.8, 4) is 5.88 Å². The van der Waals surface area contributed by atoms with Crippen molar-refractivity contribution in [2.24, 2.45) is 0 Å². The fourth-order valence-electron chi connectivity index (χ4n) is 2.37. The van der Waals surface area contributed by atoms with Gasteiger partial charge in [-0.1, -0.05) is 0 Å². The molecule has 2 aromatic heterocycles. The summed E-state index contributed by atoms with van der Waals surface area (Å²) in [5.41, 5.74) is 1.91. The summed E-state index contributed by atoms with van der Waals surface area (Å²) in [6.07, 6.45) is 1.98. The summed E-state index contributed by atoms with van der Waals surface area (Å²) in [4.78, 5) is 15.7. The van der Waals surface area contributed by atoms with E-state index in [2.05, 4.69) is 14.8 Å². The lowest BCUT2D eigenvalue weighted by Gasteiger charge is -2.10. The van der Waals surface area contributed by atoms with Crippen LogP contribution in [0.1, 0.15) is 31.2 Å². The molecule has 9 heteroatoms. The monoisotopic (exact) mass is 366 g/mol. The topological polar surface area (TPSA) is 103 Å². The van der Waals surface area contributed by atoms with Gasteiger partial charge >= 0.3 is 0 Å². The molecule has 0 radical (unpaired) electrons. The normalized spacial score (nSPS) is 11.3. The molecule has 0 aliphatic rings. The first-order valence-corrected chi connectivity index (χ1v) is 9.46. The van der Waals surface area contributed by atoms with Crippen molar-refractivity contribution in [1.82, 2.24) is 19.5 Å². The highest BCUT2D eigenvalue weighted by Gasteiger charge is 2.22. The second-order valence-corrected chi connectivity index (χ2v) is 7.17. The number of carbonyl (C=O) groups excluding carboxylic acids is 1. The molecule has 0 unspecified atom stereocenters. The van der Waals surface area contributed by atoms with E-state index in [0.717, 1.165) is 11.4 Å². The number of aryl methyl sites for hydroxylation is 3. The van der Waals surface area contributed by atoms with Gasteiger partial charge in [0.25, 0.3) is 10.0 Å². The second kappa shape index (κ2) is 8.11. The minimum Gasteiger partial charge on any atom is -0.477 e. The molecule has 1 amide bonds. The summed E-state index contributed by atoms with van der Waals surface area (Å²) in [6, 6.07) is 4.77. The molecule has 8 nitrogen and oxygen atoms in total. The number of pyridine rings is 1. The van der Waals surface area contributed by atoms with Gasteiger partial charge < -0.3 is 4.74 Å². The number of nitrogens with zero attached hydrogens (tertiary/aromatic N) is 3. The zero-order valence-electron chi connectivity index (χ0n) is 14.5. The molecule has 2 heterocycles. The van der Waals surface area contributed by atoms with Crippen LogP contribution >= 0.6 is 0 Å². The van der Waals surface area contributed by atoms with E-state index in [0.29, 0.717) is 13.0 Å². The number of sulfonamides is 1. The van der Waals surface area contributed by atoms with Gasteiger partial charge in [-0.05, 0) is 45.4 Å². The average molecular weight is 366 g/mol. The van der Waals surface area contributed by atoms with Crippen LogP contribution in [0.4, 0.5) is 0 Å². The standard InChI is InChI=1S/C16H22N4O4S/c1-4-24-16-14(7-5-9-17-16)25(22,23)19-15(21)8-6-10-20-13(3)11-12(2)18-20/h5,7,9,11H,4,6,8,10H2,1-3H3,(H,19,21). The maximum Gasteiger partial charge on any atom is 0.269 e. The Kier molecular flexibility index (Phi) is 6.13. The summed E-state index contributed by atoms with van der Waals surface area (Å²) in [5, 5.41) is 4.30. The number of nitrogens with one attached hydrogen (secondary N) is 1. The summed E-state index contributed by atoms with van der Waals surface area (Å²) < 4.78 is 33.8. The Hall–Kier alpha value is -2.42. The van der Waals surface area contributed by atoms with Crippen molar-refractivity contribution in [2.75, 3.05) is 6.61 Å². The van der Waals surface area contributed by atoms with Crippen LogP contribution in [0.15, 0.2) is 29.3 Å². The molecule has 0 aromatic carbocycles. The molecule has 0 saturated carbocycles. The predicted octanol–water partition coefficient (Wildman–Crippen LogP) is 1.58. The number of hydrogen-bond acceptors (Lipinski definition) is 6. The molecule has 0 bridgehead atoms. The lowest BCUT2D eigenvalue weighted by molar-refractivity contribution is -0.119. The lowest BCUT2D eigenvalue weighted by Crippen LogP contribution is -2.31. The fourth-order valence-corrected chi connectivity index (χ4v) is 3.48. The molecular weight excluding hydrogens is 344 g/mol. The molecule has 2 rings (SSSR count). The Labute approximate surface area is 147 Å². The number of amides is 1. The van der Waals surface area contributed by atoms with Crippen molar-refractivity contribution in [3.63, 3.8) is 0 Å². The van der Waals surface area contributed by atoms with Crippen LogP contribution in [0.3, 0.4) is 0 Å². The number of hydrogen-bond donors (Lipinski definition) is 1. The van der Waals surface area contributed by atoms with Gasteiger partial charge in [-0.3, -0.25) is 9.48 Å². The summed E-state index contributed by atoms with van der Waals surface area (Å²) >= 11 is 0. The largest absolute Gasteiger partial charge is 0.477 e. The highest BCUT2D eigenvalue weighted by molar-refractivity contribution is 7.90. The van der Waals surface area contributed by atoms with E-state index in [-0.39, 0.29) is 23.8 Å². The van der Waals surface area contributed by atoms with Crippen LogP contribution in [0.5, 0.6) is 5.88 Å². The van der Waals surface area contributed by atoms with Crippen molar-refractivity contribution in [2.45, 2.75) is 45.1 Å². The first-order valence-electron chi connectivity index (χ1n) is 7.98. The Bertz CT molecular complexity index is 846. The number of rotatable bonds is 8. The van der Waals surface area contributed by atoms with Gasteiger partial charge in [0.05, 0.1) is 12.3 Å². The van der Waals surface area contributed by atoms with Gasteiger partial charge in [0.2, 0.25) is 11.8 Å². The molecule has 0 fully saturated rings. The van der Waals surface area contributed by atoms with Crippen LogP contribution in [0.2, 0.25) is 0 Å². The third-order valence-electron chi connectivity index (χ3n) is 3.43. The van der Waals surface area contributed by atoms with E-state index >= 15 is 0 Å². The van der Waals surface area contributed by atoms with Crippen LogP contribution < -0.4 is 9.46 Å². The quantitative estimate of drug-likeness (QED) is 0.761. The van der Waals surface area contributed by atoms with Crippen molar-refractivity contribution in [3.05, 3.63) is 35.8 Å². The highest BCUT2D eigenvalue weighted by Crippen LogP contribution is 2.20. The van der Waals surface area contributed by atoms with Crippen molar-refractivity contribution in [1.29, 1.82) is 0 Å². The zero-order chi connectivity index (χ0) is 18.4. The number of carbonyl (C=O) groups is 1. The first-order chi connectivity index (χ1) is 11.8. The molecular formula is C16H22N4O4S. The highest BCUT2D eigenvalue weighted by atomic mass is 32.2. The third-order valence-corrected chi connectivity index (χ3v) is 4.82. The van der Waals surface area contributed by atoms with Crippen molar-refractivity contribution >= 4 is 15.9 Å². The van der Waals surface area contributed by atoms with E-state index in [9.17, 15) is 13.2 Å². The van der Waals surface area contributed by atoms with Gasteiger partial charge in [-0.2, -0.15) is 5.10 Å². The van der Waals surface area contributed by atoms with Crippen LogP contribution in [-0.4, -0.2) is 35.7 Å². The summed E-state index contributed by atoms with van der Waals surface area (Å²) in [6.45, 7) is 6.37. The van der Waals surface area contributed by atoms with Crippen LogP contribution in [0, 0.1) is 13.8 Å². The van der Waals surface area contributed by atoms with Crippen LogP contribution in [-0.2, 0) is 21.4 Å². The smallest absolute Gasteiger partial charge is 0.269 e. The van der Waals surface area contributed by atoms with E-state index in [1.807, 2.05) is 19.9 Å². The van der Waals surface area contributed by atoms with Gasteiger partial charge in [0.1, 0.15) is 4.90 Å². The fraction of sp³-hybridized carbons (Fsp3) is 0.438. The van der Waals surface area contributed by atoms with Gasteiger partial charge in [0, 0.05) is 24.9 Å². The van der Waals surface area contributed by atoms with Crippen molar-refractivity contribution < 1.29 is 17.9 Å². The Morgan fingerprint density at radius 2 is 2.12 bits per heavy atom. The molecule has 0 aliphatic heterocycles. The number of aromatic nitrogens is 3. The molecule has 25 heavy (non-hydrogen) atoms. The molecule has 136 valence electrons. The maximum atomic E-state index is 12.4. The Morgan fingerprint density at radius 1 is 1.36 bits per heavy atom. The van der Waals surface area contributed by atoms with E-state index in [4.69, 9.17) is 4.74 Å². The maximum absolute atomic E-state index is 12.4. The lowest BCUT2D eigenvalue weighted by atomic mass is 10.3. The Morgan fingerprint density at radius 3 is 2.76 bits per heavy atom. The molecule has 0 atom stereocenters. The van der Waals surface area contributed by atoms with Gasteiger partial charge in [-0.25, -0.2) is 18.1 Å². The summed E-state index contributed by atoms with van der Waals surface area (Å²) in [7, 11) is -4.02. The summed E-state index contributed by atoms with van der Waals surface area (Å²) in [5.74, 6) is -0.597. The van der Waals surface area contributed by atoms with Gasteiger partial charge in [0.15, 0.2) is 0 Å². The SMILES string of the molecule is CCOc1ncccc1S(=O)(=O)NC(=O)CCCn1nc(C)cc1C. The molecule has 0 saturated heterocycles.